The Balaban J connectivity index is 1.60. The van der Waals surface area contributed by atoms with Crippen molar-refractivity contribution in [2.45, 2.75) is 24.5 Å². The molecule has 2 aromatic heterocycles. The van der Waals surface area contributed by atoms with Gasteiger partial charge in [-0.2, -0.15) is 0 Å². The third-order valence-corrected chi connectivity index (χ3v) is 5.59. The molecule has 0 saturated carbocycles. The summed E-state index contributed by atoms with van der Waals surface area (Å²) < 4.78 is 31.9. The zero-order valence-electron chi connectivity index (χ0n) is 11.3. The van der Waals surface area contributed by atoms with Crippen molar-refractivity contribution >= 4 is 21.4 Å². The zero-order valence-corrected chi connectivity index (χ0v) is 12.9. The van der Waals surface area contributed by atoms with Gasteiger partial charge in [-0.3, -0.25) is 0 Å². The Hall–Kier alpha value is -1.35. The van der Waals surface area contributed by atoms with Crippen molar-refractivity contribution in [3.05, 3.63) is 40.0 Å². The molecule has 1 N–H and O–H groups in total. The molecule has 0 saturated heterocycles. The van der Waals surface area contributed by atoms with Crippen LogP contribution in [0.15, 0.2) is 29.4 Å². The highest BCUT2D eigenvalue weighted by atomic mass is 32.2. The standard InChI is InChI=1S/C13H15N3O3S2/c17-21(18,13-3-1-2-6-14-13)15-7-4-12-16-10-5-8-19-9-11(10)20-12/h1-3,6,15H,4-5,7-9H2. The minimum Gasteiger partial charge on any atom is -0.375 e. The Labute approximate surface area is 127 Å². The van der Waals surface area contributed by atoms with Crippen LogP contribution in [0.1, 0.15) is 15.6 Å². The van der Waals surface area contributed by atoms with Gasteiger partial charge in [0.05, 0.1) is 28.8 Å². The second-order valence-electron chi connectivity index (χ2n) is 4.60. The lowest BCUT2D eigenvalue weighted by Crippen LogP contribution is -2.26. The molecule has 0 fully saturated rings. The van der Waals surface area contributed by atoms with Crippen LogP contribution in [0.2, 0.25) is 0 Å². The van der Waals surface area contributed by atoms with Crippen LogP contribution < -0.4 is 4.72 Å². The van der Waals surface area contributed by atoms with Crippen LogP contribution in [-0.2, 0) is 34.2 Å². The lowest BCUT2D eigenvalue weighted by atomic mass is 10.2. The summed E-state index contributed by atoms with van der Waals surface area (Å²) in [5.74, 6) is 0. The topological polar surface area (TPSA) is 81.2 Å². The summed E-state index contributed by atoms with van der Waals surface area (Å²) in [6, 6.07) is 4.80. The smallest absolute Gasteiger partial charge is 0.258 e. The molecule has 112 valence electrons. The Morgan fingerprint density at radius 3 is 3.05 bits per heavy atom. The molecule has 3 heterocycles. The van der Waals surface area contributed by atoms with E-state index < -0.39 is 10.0 Å². The Morgan fingerprint density at radius 1 is 1.38 bits per heavy atom. The molecular formula is C13H15N3O3S2. The highest BCUT2D eigenvalue weighted by Crippen LogP contribution is 2.23. The van der Waals surface area contributed by atoms with Crippen molar-refractivity contribution in [1.82, 2.24) is 14.7 Å². The monoisotopic (exact) mass is 325 g/mol. The molecule has 3 rings (SSSR count). The van der Waals surface area contributed by atoms with E-state index >= 15 is 0 Å². The summed E-state index contributed by atoms with van der Waals surface area (Å²) in [5, 5.41) is 0.978. The minimum absolute atomic E-state index is 0.0387. The van der Waals surface area contributed by atoms with Crippen LogP contribution in [0.3, 0.4) is 0 Å². The van der Waals surface area contributed by atoms with Gasteiger partial charge in [0.25, 0.3) is 10.0 Å². The molecule has 0 amide bonds. The van der Waals surface area contributed by atoms with Gasteiger partial charge in [0.15, 0.2) is 5.03 Å². The van der Waals surface area contributed by atoms with Gasteiger partial charge in [0.2, 0.25) is 0 Å². The number of sulfonamides is 1. The molecule has 0 aliphatic carbocycles. The quantitative estimate of drug-likeness (QED) is 0.891. The molecule has 8 heteroatoms. The number of hydrogen-bond donors (Lipinski definition) is 1. The molecule has 0 atom stereocenters. The summed E-state index contributed by atoms with van der Waals surface area (Å²) >= 11 is 1.60. The minimum atomic E-state index is -3.54. The van der Waals surface area contributed by atoms with Gasteiger partial charge in [-0.1, -0.05) is 6.07 Å². The van der Waals surface area contributed by atoms with Crippen molar-refractivity contribution < 1.29 is 13.2 Å². The van der Waals surface area contributed by atoms with Crippen LogP contribution in [0.4, 0.5) is 0 Å². The van der Waals surface area contributed by atoms with E-state index in [-0.39, 0.29) is 5.03 Å². The van der Waals surface area contributed by atoms with E-state index in [1.165, 1.54) is 12.3 Å². The number of aromatic nitrogens is 2. The fraction of sp³-hybridized carbons (Fsp3) is 0.385. The average molecular weight is 325 g/mol. The molecule has 2 aromatic rings. The SMILES string of the molecule is O=S(=O)(NCCc1nc2c(s1)COCC2)c1ccccn1. The average Bonchev–Trinajstić information content (AvgIpc) is 2.90. The molecule has 0 spiro atoms. The molecular weight excluding hydrogens is 310 g/mol. The molecule has 1 aliphatic rings. The zero-order chi connectivity index (χ0) is 14.7. The molecule has 0 aromatic carbocycles. The van der Waals surface area contributed by atoms with Crippen molar-refractivity contribution in [1.29, 1.82) is 0 Å². The number of fused-ring (bicyclic) bond motifs is 1. The molecule has 0 radical (unpaired) electrons. The van der Waals surface area contributed by atoms with Crippen molar-refractivity contribution in [3.63, 3.8) is 0 Å². The van der Waals surface area contributed by atoms with Crippen molar-refractivity contribution in [3.8, 4) is 0 Å². The highest BCUT2D eigenvalue weighted by molar-refractivity contribution is 7.89. The number of rotatable bonds is 5. The van der Waals surface area contributed by atoms with E-state index in [0.29, 0.717) is 26.2 Å². The summed E-state index contributed by atoms with van der Waals surface area (Å²) in [6.45, 7) is 1.64. The summed E-state index contributed by atoms with van der Waals surface area (Å²) in [4.78, 5) is 9.54. The first-order valence-corrected chi connectivity index (χ1v) is 8.91. The maximum Gasteiger partial charge on any atom is 0.258 e. The molecule has 0 unspecified atom stereocenters. The Bertz CT molecular complexity index is 690. The maximum atomic E-state index is 12.0. The Morgan fingerprint density at radius 2 is 2.29 bits per heavy atom. The van der Waals surface area contributed by atoms with E-state index in [9.17, 15) is 8.42 Å². The van der Waals surface area contributed by atoms with Gasteiger partial charge >= 0.3 is 0 Å². The van der Waals surface area contributed by atoms with Crippen LogP contribution in [0, 0.1) is 0 Å². The van der Waals surface area contributed by atoms with E-state index in [0.717, 1.165) is 22.0 Å². The first kappa shape index (κ1) is 14.6. The van der Waals surface area contributed by atoms with E-state index in [2.05, 4.69) is 14.7 Å². The number of nitrogens with zero attached hydrogens (tertiary/aromatic N) is 2. The van der Waals surface area contributed by atoms with Crippen molar-refractivity contribution in [2.75, 3.05) is 13.2 Å². The molecule has 0 bridgehead atoms. The first-order chi connectivity index (χ1) is 10.1. The van der Waals surface area contributed by atoms with Crippen LogP contribution in [0.5, 0.6) is 0 Å². The van der Waals surface area contributed by atoms with Crippen LogP contribution in [-0.4, -0.2) is 31.5 Å². The van der Waals surface area contributed by atoms with Gasteiger partial charge in [-0.15, -0.1) is 11.3 Å². The number of hydrogen-bond acceptors (Lipinski definition) is 6. The van der Waals surface area contributed by atoms with E-state index in [1.807, 2.05) is 0 Å². The van der Waals surface area contributed by atoms with Gasteiger partial charge < -0.3 is 4.74 Å². The number of thiazole rings is 1. The van der Waals surface area contributed by atoms with Crippen molar-refractivity contribution in [2.24, 2.45) is 0 Å². The lowest BCUT2D eigenvalue weighted by Gasteiger charge is -2.08. The van der Waals surface area contributed by atoms with Crippen LogP contribution in [0.25, 0.3) is 0 Å². The fourth-order valence-electron chi connectivity index (χ4n) is 2.06. The van der Waals surface area contributed by atoms with Crippen LogP contribution >= 0.6 is 11.3 Å². The summed E-state index contributed by atoms with van der Waals surface area (Å²) in [5.41, 5.74) is 1.09. The number of nitrogens with one attached hydrogen (secondary N) is 1. The van der Waals surface area contributed by atoms with Gasteiger partial charge in [0, 0.05) is 25.6 Å². The lowest BCUT2D eigenvalue weighted by molar-refractivity contribution is 0.112. The first-order valence-electron chi connectivity index (χ1n) is 6.61. The maximum absolute atomic E-state index is 12.0. The van der Waals surface area contributed by atoms with E-state index in [4.69, 9.17) is 4.74 Å². The molecule has 6 nitrogen and oxygen atoms in total. The Kier molecular flexibility index (Phi) is 4.29. The number of pyridine rings is 1. The van der Waals surface area contributed by atoms with Gasteiger partial charge in [0.1, 0.15) is 0 Å². The predicted octanol–water partition coefficient (Wildman–Crippen LogP) is 1.13. The fourth-order valence-corrected chi connectivity index (χ4v) is 4.09. The predicted molar refractivity (Wildman–Crippen MR) is 78.6 cm³/mol. The third kappa shape index (κ3) is 3.46. The largest absolute Gasteiger partial charge is 0.375 e. The summed E-state index contributed by atoms with van der Waals surface area (Å²) in [6.07, 6.45) is 2.87. The second-order valence-corrected chi connectivity index (χ2v) is 7.48. The number of ether oxygens (including phenoxy) is 1. The van der Waals surface area contributed by atoms with Gasteiger partial charge in [-0.05, 0) is 12.1 Å². The highest BCUT2D eigenvalue weighted by Gasteiger charge is 2.17. The molecule has 1 aliphatic heterocycles. The normalized spacial score (nSPS) is 14.9. The van der Waals surface area contributed by atoms with E-state index in [1.54, 1.807) is 23.5 Å². The third-order valence-electron chi connectivity index (χ3n) is 3.08. The summed E-state index contributed by atoms with van der Waals surface area (Å²) in [7, 11) is -3.54. The molecule has 21 heavy (non-hydrogen) atoms. The second kappa shape index (κ2) is 6.18. The van der Waals surface area contributed by atoms with Gasteiger partial charge in [-0.25, -0.2) is 23.1 Å².